The third kappa shape index (κ3) is 8.25. The summed E-state index contributed by atoms with van der Waals surface area (Å²) < 4.78 is 0. The number of unbranched alkanes of at least 4 members (excludes halogenated alkanes) is 7. The number of nitrogens with one attached hydrogen (secondary N) is 1. The average molecular weight is 308 g/mol. The van der Waals surface area contributed by atoms with Crippen molar-refractivity contribution in [1.29, 1.82) is 0 Å². The minimum absolute atomic E-state index is 0.740. The summed E-state index contributed by atoms with van der Waals surface area (Å²) >= 11 is 0. The van der Waals surface area contributed by atoms with Crippen molar-refractivity contribution in [3.63, 3.8) is 0 Å². The van der Waals surface area contributed by atoms with Gasteiger partial charge in [0.15, 0.2) is 0 Å². The minimum Gasteiger partial charge on any atom is -0.389 e. The van der Waals surface area contributed by atoms with Crippen LogP contribution in [0.5, 0.6) is 0 Å². The van der Waals surface area contributed by atoms with Gasteiger partial charge in [0.25, 0.3) is 0 Å². The molecular formula is C21H41N. The van der Waals surface area contributed by atoms with Gasteiger partial charge in [0.2, 0.25) is 0 Å². The minimum atomic E-state index is 0.740. The maximum absolute atomic E-state index is 4.30. The van der Waals surface area contributed by atoms with Crippen molar-refractivity contribution in [3.05, 3.63) is 12.3 Å². The van der Waals surface area contributed by atoms with Crippen LogP contribution < -0.4 is 5.32 Å². The van der Waals surface area contributed by atoms with E-state index in [-0.39, 0.29) is 0 Å². The molecule has 0 heterocycles. The van der Waals surface area contributed by atoms with Gasteiger partial charge in [0.1, 0.15) is 0 Å². The van der Waals surface area contributed by atoms with Crippen molar-refractivity contribution in [3.8, 4) is 0 Å². The molecule has 0 atom stereocenters. The van der Waals surface area contributed by atoms with E-state index in [2.05, 4.69) is 32.7 Å². The van der Waals surface area contributed by atoms with E-state index < -0.39 is 0 Å². The molecule has 0 aromatic heterocycles. The van der Waals surface area contributed by atoms with Gasteiger partial charge < -0.3 is 5.32 Å². The van der Waals surface area contributed by atoms with Crippen LogP contribution in [0.2, 0.25) is 0 Å². The molecule has 0 spiro atoms. The molecule has 0 aliphatic heterocycles. The topological polar surface area (TPSA) is 12.0 Å². The van der Waals surface area contributed by atoms with Crippen LogP contribution in [0.25, 0.3) is 0 Å². The van der Waals surface area contributed by atoms with E-state index >= 15 is 0 Å². The molecule has 0 aromatic rings. The van der Waals surface area contributed by atoms with Crippen LogP contribution in [0.1, 0.15) is 97.8 Å². The van der Waals surface area contributed by atoms with Crippen molar-refractivity contribution in [2.45, 2.75) is 97.8 Å². The van der Waals surface area contributed by atoms with Crippen molar-refractivity contribution in [1.82, 2.24) is 5.32 Å². The van der Waals surface area contributed by atoms with Crippen LogP contribution in [-0.2, 0) is 0 Å². The number of hydrogen-bond acceptors (Lipinski definition) is 1. The third-order valence-corrected chi connectivity index (χ3v) is 5.59. The van der Waals surface area contributed by atoms with Crippen LogP contribution in [0, 0.1) is 17.8 Å². The first-order chi connectivity index (χ1) is 10.6. The summed E-state index contributed by atoms with van der Waals surface area (Å²) in [6.45, 7) is 12.5. The van der Waals surface area contributed by atoms with Crippen LogP contribution in [-0.4, -0.2) is 6.54 Å². The second kappa shape index (κ2) is 12.0. The third-order valence-electron chi connectivity index (χ3n) is 5.59. The molecule has 1 nitrogen and oxygen atoms in total. The van der Waals surface area contributed by atoms with E-state index in [4.69, 9.17) is 0 Å². The fraction of sp³-hybridized carbons (Fsp3) is 0.905. The summed E-state index contributed by atoms with van der Waals surface area (Å²) in [6.07, 6.45) is 16.7. The molecule has 0 radical (unpaired) electrons. The van der Waals surface area contributed by atoms with Gasteiger partial charge >= 0.3 is 0 Å². The summed E-state index contributed by atoms with van der Waals surface area (Å²) in [5, 5.41) is 3.61. The molecule has 22 heavy (non-hydrogen) atoms. The summed E-state index contributed by atoms with van der Waals surface area (Å²) in [5.41, 5.74) is 1.32. The molecule has 0 amide bonds. The lowest BCUT2D eigenvalue weighted by Gasteiger charge is -2.32. The molecule has 0 aromatic carbocycles. The average Bonchev–Trinajstić information content (AvgIpc) is 2.53. The zero-order chi connectivity index (χ0) is 16.2. The van der Waals surface area contributed by atoms with Crippen molar-refractivity contribution >= 4 is 0 Å². The molecular weight excluding hydrogens is 266 g/mol. The predicted molar refractivity (Wildman–Crippen MR) is 100 cm³/mol. The monoisotopic (exact) mass is 307 g/mol. The van der Waals surface area contributed by atoms with E-state index in [1.807, 2.05) is 0 Å². The Bertz CT molecular complexity index is 274. The maximum Gasteiger partial charge on any atom is 0.0143 e. The number of rotatable bonds is 12. The fourth-order valence-electron chi connectivity index (χ4n) is 3.79. The van der Waals surface area contributed by atoms with Gasteiger partial charge in [-0.15, -0.1) is 0 Å². The highest BCUT2D eigenvalue weighted by Crippen LogP contribution is 2.35. The highest BCUT2D eigenvalue weighted by atomic mass is 14.9. The molecule has 1 aliphatic rings. The van der Waals surface area contributed by atoms with Gasteiger partial charge in [-0.3, -0.25) is 0 Å². The van der Waals surface area contributed by atoms with Crippen molar-refractivity contribution in [2.24, 2.45) is 17.8 Å². The van der Waals surface area contributed by atoms with Gasteiger partial charge in [-0.05, 0) is 49.9 Å². The summed E-state index contributed by atoms with van der Waals surface area (Å²) in [7, 11) is 0. The largest absolute Gasteiger partial charge is 0.389 e. The SMILES string of the molecule is C=C(NCCCCCCCCCC)C1CCC(C(C)C)CC1. The van der Waals surface area contributed by atoms with E-state index in [9.17, 15) is 0 Å². The molecule has 130 valence electrons. The Morgan fingerprint density at radius 2 is 1.45 bits per heavy atom. The lowest BCUT2D eigenvalue weighted by atomic mass is 9.76. The number of allylic oxidation sites excluding steroid dienone is 1. The molecule has 1 N–H and O–H groups in total. The van der Waals surface area contributed by atoms with Gasteiger partial charge in [0, 0.05) is 12.2 Å². The molecule has 1 fully saturated rings. The molecule has 0 unspecified atom stereocenters. The summed E-state index contributed by atoms with van der Waals surface area (Å²) in [4.78, 5) is 0. The van der Waals surface area contributed by atoms with E-state index in [1.54, 1.807) is 0 Å². The Labute approximate surface area is 140 Å². The summed E-state index contributed by atoms with van der Waals surface area (Å²) in [6, 6.07) is 0. The first kappa shape index (κ1) is 19.6. The molecule has 1 aliphatic carbocycles. The Hall–Kier alpha value is -0.460. The Kier molecular flexibility index (Phi) is 10.7. The highest BCUT2D eigenvalue weighted by molar-refractivity contribution is 5.00. The Balaban J connectivity index is 1.96. The zero-order valence-electron chi connectivity index (χ0n) is 15.6. The standard InChI is InChI=1S/C21H41N/c1-5-6-7-8-9-10-11-12-17-22-19(4)21-15-13-20(14-16-21)18(2)3/h18,20-22H,4-17H2,1-3H3. The Morgan fingerprint density at radius 1 is 0.909 bits per heavy atom. The van der Waals surface area contributed by atoms with Crippen LogP contribution in [0.4, 0.5) is 0 Å². The molecule has 0 bridgehead atoms. The van der Waals surface area contributed by atoms with Crippen LogP contribution >= 0.6 is 0 Å². The van der Waals surface area contributed by atoms with E-state index in [0.717, 1.165) is 24.3 Å². The van der Waals surface area contributed by atoms with Gasteiger partial charge in [-0.25, -0.2) is 0 Å². The van der Waals surface area contributed by atoms with Crippen LogP contribution in [0.3, 0.4) is 0 Å². The Morgan fingerprint density at radius 3 is 2.00 bits per heavy atom. The van der Waals surface area contributed by atoms with Crippen LogP contribution in [0.15, 0.2) is 12.3 Å². The molecule has 0 saturated heterocycles. The maximum atomic E-state index is 4.30. The van der Waals surface area contributed by atoms with Crippen molar-refractivity contribution in [2.75, 3.05) is 6.54 Å². The van der Waals surface area contributed by atoms with Gasteiger partial charge in [0.05, 0.1) is 0 Å². The van der Waals surface area contributed by atoms with Crippen molar-refractivity contribution < 1.29 is 0 Å². The quantitative estimate of drug-likeness (QED) is 0.396. The van der Waals surface area contributed by atoms with E-state index in [0.29, 0.717) is 0 Å². The second-order valence-electron chi connectivity index (χ2n) is 7.78. The second-order valence-corrected chi connectivity index (χ2v) is 7.78. The lowest BCUT2D eigenvalue weighted by Crippen LogP contribution is -2.26. The van der Waals surface area contributed by atoms with Gasteiger partial charge in [-0.1, -0.05) is 72.3 Å². The number of hydrogen-bond donors (Lipinski definition) is 1. The first-order valence-electron chi connectivity index (χ1n) is 10.1. The predicted octanol–water partition coefficient (Wildman–Crippen LogP) is 6.69. The van der Waals surface area contributed by atoms with E-state index in [1.165, 1.54) is 82.7 Å². The highest BCUT2D eigenvalue weighted by Gasteiger charge is 2.24. The molecule has 1 saturated carbocycles. The fourth-order valence-corrected chi connectivity index (χ4v) is 3.79. The molecule has 1 heteroatoms. The summed E-state index contributed by atoms with van der Waals surface area (Å²) in [5.74, 6) is 2.56. The first-order valence-corrected chi connectivity index (χ1v) is 10.1. The molecule has 1 rings (SSSR count). The lowest BCUT2D eigenvalue weighted by molar-refractivity contribution is 0.238. The normalized spacial score (nSPS) is 22.0. The zero-order valence-corrected chi connectivity index (χ0v) is 15.6. The van der Waals surface area contributed by atoms with Gasteiger partial charge in [-0.2, -0.15) is 0 Å². The smallest absolute Gasteiger partial charge is 0.0143 e.